The summed E-state index contributed by atoms with van der Waals surface area (Å²) < 4.78 is 4.84. The molecule has 0 amide bonds. The van der Waals surface area contributed by atoms with Gasteiger partial charge in [0.25, 0.3) is 3.90 Å². The van der Waals surface area contributed by atoms with Crippen molar-refractivity contribution in [3.05, 3.63) is 78.4 Å². The number of halogens is 1. The number of quaternary nitrogens is 1. The molecule has 25 heavy (non-hydrogen) atoms. The monoisotopic (exact) mass is 417 g/mol. The standard InChI is InChI=1S/C20H21BrN2OS/c1-3-13-25-20(21)22-18(15-7-5-4-6-8-15)14-19(23-20)16-9-11-17(24-2)12-10-16/h3-12,18,22H,1,13-14H2,2H3/p+1/t18-,20+/m0/s1. The highest BCUT2D eigenvalue weighted by Crippen LogP contribution is 2.34. The van der Waals surface area contributed by atoms with Gasteiger partial charge >= 0.3 is 0 Å². The van der Waals surface area contributed by atoms with Crippen LogP contribution in [0.2, 0.25) is 0 Å². The first-order chi connectivity index (χ1) is 12.1. The van der Waals surface area contributed by atoms with Crippen molar-refractivity contribution >= 4 is 33.4 Å². The summed E-state index contributed by atoms with van der Waals surface area (Å²) in [5.41, 5.74) is 3.55. The first-order valence-corrected chi connectivity index (χ1v) is 9.99. The van der Waals surface area contributed by atoms with E-state index in [0.29, 0.717) is 6.04 Å². The molecule has 0 saturated heterocycles. The van der Waals surface area contributed by atoms with Gasteiger partial charge in [-0.05, 0) is 29.8 Å². The lowest BCUT2D eigenvalue weighted by atomic mass is 9.96. The molecule has 0 aliphatic carbocycles. The molecule has 3 rings (SSSR count). The van der Waals surface area contributed by atoms with Crippen LogP contribution in [0.15, 0.2) is 72.2 Å². The number of thioether (sulfide) groups is 1. The Bertz CT molecular complexity index is 748. The number of hydrogen-bond acceptors (Lipinski definition) is 3. The molecule has 0 aromatic heterocycles. The maximum Gasteiger partial charge on any atom is 0.294 e. The van der Waals surface area contributed by atoms with E-state index in [1.807, 2.05) is 18.2 Å². The van der Waals surface area contributed by atoms with Crippen LogP contribution in [0.1, 0.15) is 23.6 Å². The van der Waals surface area contributed by atoms with E-state index in [0.717, 1.165) is 29.2 Å². The molecule has 0 radical (unpaired) electrons. The zero-order valence-electron chi connectivity index (χ0n) is 14.2. The topological polar surface area (TPSA) is 38.2 Å². The third-order valence-electron chi connectivity index (χ3n) is 4.16. The van der Waals surface area contributed by atoms with Crippen molar-refractivity contribution in [1.82, 2.24) is 0 Å². The van der Waals surface area contributed by atoms with Gasteiger partial charge in [0.2, 0.25) is 0 Å². The molecule has 1 aliphatic rings. The Balaban J connectivity index is 1.94. The summed E-state index contributed by atoms with van der Waals surface area (Å²) in [5, 5.41) is 2.30. The zero-order valence-corrected chi connectivity index (χ0v) is 16.6. The Morgan fingerprint density at radius 2 is 2.00 bits per heavy atom. The van der Waals surface area contributed by atoms with Crippen LogP contribution in [0.5, 0.6) is 5.75 Å². The molecular formula is C20H22BrN2OS+. The van der Waals surface area contributed by atoms with Crippen LogP contribution in [0.3, 0.4) is 0 Å². The quantitative estimate of drug-likeness (QED) is 0.436. The number of nitrogens with zero attached hydrogens (tertiary/aromatic N) is 1. The molecular weight excluding hydrogens is 396 g/mol. The van der Waals surface area contributed by atoms with Crippen molar-refractivity contribution in [3.63, 3.8) is 0 Å². The summed E-state index contributed by atoms with van der Waals surface area (Å²) in [6.45, 7) is 3.83. The molecule has 2 aromatic rings. The van der Waals surface area contributed by atoms with E-state index in [4.69, 9.17) is 9.73 Å². The second-order valence-corrected chi connectivity index (χ2v) is 8.86. The SMILES string of the molecule is C=CCS[C@@]1(Br)N=C(c2ccc(OC)cc2)C[C@@H](c2ccccc2)[NH2+]1. The fourth-order valence-corrected chi connectivity index (χ4v) is 4.64. The van der Waals surface area contributed by atoms with Gasteiger partial charge < -0.3 is 4.74 Å². The normalized spacial score (nSPS) is 23.0. The third-order valence-corrected chi connectivity index (χ3v) is 6.33. The number of hydrogen-bond donors (Lipinski definition) is 1. The van der Waals surface area contributed by atoms with E-state index in [1.54, 1.807) is 18.9 Å². The molecule has 1 heterocycles. The average molecular weight is 418 g/mol. The zero-order chi connectivity index (χ0) is 17.7. The highest BCUT2D eigenvalue weighted by Gasteiger charge is 2.39. The van der Waals surface area contributed by atoms with Crippen LogP contribution < -0.4 is 10.1 Å². The molecule has 3 nitrogen and oxygen atoms in total. The van der Waals surface area contributed by atoms with Crippen molar-refractivity contribution in [2.45, 2.75) is 16.4 Å². The van der Waals surface area contributed by atoms with E-state index >= 15 is 0 Å². The van der Waals surface area contributed by atoms with Crippen LogP contribution >= 0.6 is 27.7 Å². The maximum absolute atomic E-state index is 5.27. The van der Waals surface area contributed by atoms with Gasteiger partial charge in [0.05, 0.1) is 12.8 Å². The first kappa shape index (κ1) is 18.2. The van der Waals surface area contributed by atoms with Crippen LogP contribution in [-0.2, 0) is 0 Å². The highest BCUT2D eigenvalue weighted by molar-refractivity contribution is 9.11. The third kappa shape index (κ3) is 4.54. The largest absolute Gasteiger partial charge is 0.497 e. The molecule has 0 spiro atoms. The fourth-order valence-electron chi connectivity index (χ4n) is 2.92. The number of methoxy groups -OCH3 is 1. The van der Waals surface area contributed by atoms with Gasteiger partial charge in [-0.25, -0.2) is 4.99 Å². The number of benzene rings is 2. The van der Waals surface area contributed by atoms with E-state index in [-0.39, 0.29) is 0 Å². The maximum atomic E-state index is 5.27. The Hall–Kier alpha value is -1.56. The number of rotatable bonds is 6. The van der Waals surface area contributed by atoms with Crippen molar-refractivity contribution in [3.8, 4) is 5.75 Å². The van der Waals surface area contributed by atoms with E-state index < -0.39 is 3.90 Å². The van der Waals surface area contributed by atoms with Gasteiger partial charge in [-0.3, -0.25) is 5.32 Å². The van der Waals surface area contributed by atoms with Crippen LogP contribution in [0.25, 0.3) is 0 Å². The predicted molar refractivity (Wildman–Crippen MR) is 110 cm³/mol. The van der Waals surface area contributed by atoms with Gasteiger partial charge in [-0.2, -0.15) is 0 Å². The molecule has 130 valence electrons. The molecule has 2 aromatic carbocycles. The second-order valence-electron chi connectivity index (χ2n) is 5.88. The molecule has 0 saturated carbocycles. The summed E-state index contributed by atoms with van der Waals surface area (Å²) in [6, 6.07) is 19.1. The minimum absolute atomic E-state index is 0.312. The smallest absolute Gasteiger partial charge is 0.294 e. The minimum atomic E-state index is -0.435. The Morgan fingerprint density at radius 3 is 2.64 bits per heavy atom. The highest BCUT2D eigenvalue weighted by atomic mass is 79.9. The van der Waals surface area contributed by atoms with Crippen molar-refractivity contribution in [2.75, 3.05) is 12.9 Å². The summed E-state index contributed by atoms with van der Waals surface area (Å²) in [5.74, 6) is 1.69. The second kappa shape index (κ2) is 8.21. The van der Waals surface area contributed by atoms with Gasteiger partial charge in [-0.15, -0.1) is 6.58 Å². The van der Waals surface area contributed by atoms with Gasteiger partial charge in [0.15, 0.2) is 0 Å². The number of ether oxygens (including phenoxy) is 1. The van der Waals surface area contributed by atoms with Gasteiger partial charge in [0, 0.05) is 33.7 Å². The van der Waals surface area contributed by atoms with Crippen LogP contribution in [-0.4, -0.2) is 22.5 Å². The van der Waals surface area contributed by atoms with E-state index in [2.05, 4.69) is 70.3 Å². The summed E-state index contributed by atoms with van der Waals surface area (Å²) in [6.07, 6.45) is 2.80. The molecule has 2 N–H and O–H groups in total. The molecule has 0 bridgehead atoms. The molecule has 2 atom stereocenters. The molecule has 5 heteroatoms. The Morgan fingerprint density at radius 1 is 1.28 bits per heavy atom. The fraction of sp³-hybridized carbons (Fsp3) is 0.250. The molecule has 0 fully saturated rings. The van der Waals surface area contributed by atoms with Crippen LogP contribution in [0.4, 0.5) is 0 Å². The predicted octanol–water partition coefficient (Wildman–Crippen LogP) is 4.12. The average Bonchev–Trinajstić information content (AvgIpc) is 2.67. The lowest BCUT2D eigenvalue weighted by Gasteiger charge is -2.32. The Labute approximate surface area is 161 Å². The van der Waals surface area contributed by atoms with Gasteiger partial charge in [-0.1, -0.05) is 48.2 Å². The summed E-state index contributed by atoms with van der Waals surface area (Å²) in [7, 11) is 1.68. The first-order valence-electron chi connectivity index (χ1n) is 8.21. The van der Waals surface area contributed by atoms with Crippen molar-refractivity contribution in [1.29, 1.82) is 0 Å². The van der Waals surface area contributed by atoms with Crippen molar-refractivity contribution in [2.24, 2.45) is 4.99 Å². The lowest BCUT2D eigenvalue weighted by molar-refractivity contribution is -0.717. The molecule has 1 aliphatic heterocycles. The van der Waals surface area contributed by atoms with E-state index in [9.17, 15) is 0 Å². The van der Waals surface area contributed by atoms with Gasteiger partial charge in [0.1, 0.15) is 11.8 Å². The van der Waals surface area contributed by atoms with Crippen LogP contribution in [0, 0.1) is 0 Å². The van der Waals surface area contributed by atoms with E-state index in [1.165, 1.54) is 5.56 Å². The summed E-state index contributed by atoms with van der Waals surface area (Å²) in [4.78, 5) is 5.00. The lowest BCUT2D eigenvalue weighted by Crippen LogP contribution is -2.95. The Kier molecular flexibility index (Phi) is 5.99. The number of alkyl halides is 1. The van der Waals surface area contributed by atoms with Crippen molar-refractivity contribution < 1.29 is 10.1 Å². The number of aliphatic imine (C=N–C) groups is 1. The number of nitrogens with two attached hydrogens (primary N) is 1. The molecule has 0 unspecified atom stereocenters. The minimum Gasteiger partial charge on any atom is -0.497 e. The summed E-state index contributed by atoms with van der Waals surface area (Å²) >= 11 is 5.58.